The van der Waals surface area contributed by atoms with Gasteiger partial charge in [0.05, 0.1) is 24.9 Å². The highest BCUT2D eigenvalue weighted by atomic mass is 16.8. The second-order valence-electron chi connectivity index (χ2n) is 7.45. The van der Waals surface area contributed by atoms with Crippen LogP contribution < -0.4 is 0 Å². The number of aliphatic hydroxyl groups excluding tert-OH is 5. The minimum atomic E-state index is -1.60. The third kappa shape index (κ3) is 3.70. The van der Waals surface area contributed by atoms with Crippen molar-refractivity contribution in [2.45, 2.75) is 69.0 Å². The van der Waals surface area contributed by atoms with E-state index in [2.05, 4.69) is 0 Å². The summed E-state index contributed by atoms with van der Waals surface area (Å²) in [7, 11) is 0. The Kier molecular flexibility index (Phi) is 5.78. The molecular formula is C17H26O10. The molecule has 2 aliphatic heterocycles. The first kappa shape index (κ1) is 20.5. The molecule has 0 aromatic heterocycles. The van der Waals surface area contributed by atoms with Gasteiger partial charge in [0.2, 0.25) is 6.29 Å². The molecule has 3 rings (SSSR count). The van der Waals surface area contributed by atoms with Crippen molar-refractivity contribution in [1.29, 1.82) is 0 Å². The van der Waals surface area contributed by atoms with Gasteiger partial charge in [-0.25, -0.2) is 0 Å². The summed E-state index contributed by atoms with van der Waals surface area (Å²) in [6.07, 6.45) is -5.92. The second kappa shape index (κ2) is 7.63. The van der Waals surface area contributed by atoms with Crippen LogP contribution in [0.4, 0.5) is 0 Å². The van der Waals surface area contributed by atoms with E-state index in [9.17, 15) is 30.3 Å². The number of hydrogen-bond acceptors (Lipinski definition) is 10. The maximum atomic E-state index is 11.5. The lowest BCUT2D eigenvalue weighted by Crippen LogP contribution is -2.60. The molecular weight excluding hydrogens is 364 g/mol. The van der Waals surface area contributed by atoms with Crippen LogP contribution in [0.3, 0.4) is 0 Å². The smallest absolute Gasteiger partial charge is 0.303 e. The van der Waals surface area contributed by atoms with E-state index in [0.29, 0.717) is 0 Å². The van der Waals surface area contributed by atoms with Crippen molar-refractivity contribution in [3.8, 4) is 0 Å². The molecule has 2 fully saturated rings. The Morgan fingerprint density at radius 1 is 1.19 bits per heavy atom. The number of fused-ring (bicyclic) bond motifs is 1. The fourth-order valence-corrected chi connectivity index (χ4v) is 4.22. The zero-order valence-corrected chi connectivity index (χ0v) is 15.0. The lowest BCUT2D eigenvalue weighted by molar-refractivity contribution is -0.346. The van der Waals surface area contributed by atoms with E-state index in [1.165, 1.54) is 13.2 Å². The Labute approximate surface area is 155 Å². The second-order valence-corrected chi connectivity index (χ2v) is 7.45. The fraction of sp³-hybridized carbons (Fsp3) is 0.824. The van der Waals surface area contributed by atoms with E-state index in [4.69, 9.17) is 18.9 Å². The molecule has 10 heteroatoms. The minimum absolute atomic E-state index is 0.171. The third-order valence-electron chi connectivity index (χ3n) is 5.48. The molecule has 27 heavy (non-hydrogen) atoms. The Morgan fingerprint density at radius 2 is 1.89 bits per heavy atom. The summed E-state index contributed by atoms with van der Waals surface area (Å²) in [5.41, 5.74) is -1.08. The van der Waals surface area contributed by atoms with Gasteiger partial charge in [-0.15, -0.1) is 0 Å². The van der Waals surface area contributed by atoms with Crippen molar-refractivity contribution in [2.24, 2.45) is 11.8 Å². The molecule has 1 saturated carbocycles. The molecule has 0 aromatic carbocycles. The van der Waals surface area contributed by atoms with Crippen molar-refractivity contribution in [1.82, 2.24) is 0 Å². The molecule has 2 heterocycles. The highest BCUT2D eigenvalue weighted by Crippen LogP contribution is 2.48. The summed E-state index contributed by atoms with van der Waals surface area (Å²) in [5, 5.41) is 49.6. The van der Waals surface area contributed by atoms with Crippen molar-refractivity contribution < 1.29 is 49.3 Å². The van der Waals surface area contributed by atoms with Crippen molar-refractivity contribution in [3.63, 3.8) is 0 Å². The van der Waals surface area contributed by atoms with Crippen LogP contribution in [-0.2, 0) is 23.7 Å². The van der Waals surface area contributed by atoms with Crippen LogP contribution in [0.25, 0.3) is 0 Å². The van der Waals surface area contributed by atoms with Crippen LogP contribution in [0, 0.1) is 11.8 Å². The Balaban J connectivity index is 1.81. The molecule has 0 unspecified atom stereocenters. The van der Waals surface area contributed by atoms with Crippen molar-refractivity contribution in [3.05, 3.63) is 12.3 Å². The molecule has 0 radical (unpaired) electrons. The lowest BCUT2D eigenvalue weighted by atomic mass is 9.84. The van der Waals surface area contributed by atoms with E-state index >= 15 is 0 Å². The van der Waals surface area contributed by atoms with Gasteiger partial charge in [0, 0.05) is 19.3 Å². The molecule has 10 nitrogen and oxygen atoms in total. The van der Waals surface area contributed by atoms with Crippen LogP contribution in [0.2, 0.25) is 0 Å². The number of carbonyl (C=O) groups is 1. The lowest BCUT2D eigenvalue weighted by Gasteiger charge is -2.44. The fourth-order valence-electron chi connectivity index (χ4n) is 4.22. The van der Waals surface area contributed by atoms with E-state index in [0.717, 1.165) is 0 Å². The molecule has 5 N–H and O–H groups in total. The molecule has 1 aliphatic carbocycles. The number of rotatable bonds is 4. The van der Waals surface area contributed by atoms with E-state index in [-0.39, 0.29) is 6.42 Å². The molecule has 1 saturated heterocycles. The van der Waals surface area contributed by atoms with Gasteiger partial charge in [0.25, 0.3) is 0 Å². The summed E-state index contributed by atoms with van der Waals surface area (Å²) in [4.78, 5) is 11.5. The first-order valence-electron chi connectivity index (χ1n) is 8.83. The largest absolute Gasteiger partial charge is 0.472 e. The molecule has 10 atom stereocenters. The average Bonchev–Trinajstić information content (AvgIpc) is 2.86. The number of hydrogen-bond donors (Lipinski definition) is 5. The standard InChI is InChI=1S/C17H26O10/c1-7(19)27-17(2)5-9(20)8-3-4-24-15(11(8)17)26-16-14(23)13(22)12(21)10(6-18)25-16/h3-4,8-16,18,20-23H,5-6H2,1-2H3/t8-,9+,10+,11+,12+,13-,14+,15-,16+,17-/m0/s1. The minimum Gasteiger partial charge on any atom is -0.472 e. The predicted octanol–water partition coefficient (Wildman–Crippen LogP) is -2.01. The first-order chi connectivity index (χ1) is 12.7. The number of ether oxygens (including phenoxy) is 4. The highest BCUT2D eigenvalue weighted by Gasteiger charge is 2.58. The van der Waals surface area contributed by atoms with Crippen LogP contribution in [0.15, 0.2) is 12.3 Å². The quantitative estimate of drug-likeness (QED) is 0.340. The maximum absolute atomic E-state index is 11.5. The van der Waals surface area contributed by atoms with Crippen LogP contribution >= 0.6 is 0 Å². The summed E-state index contributed by atoms with van der Waals surface area (Å²) in [6.45, 7) is 2.33. The first-order valence-corrected chi connectivity index (χ1v) is 8.83. The SMILES string of the molecule is CC(=O)O[C@@]1(C)C[C@@H](O)[C@@H]2C=CO[C@@H](O[C@H]3O[C@H](CO)[C@@H](O)[C@H](O)[C@H]3O)[C@@H]21. The van der Waals surface area contributed by atoms with E-state index < -0.39 is 73.1 Å². The van der Waals surface area contributed by atoms with Gasteiger partial charge in [0.15, 0.2) is 6.29 Å². The number of carbonyl (C=O) groups excluding carboxylic acids is 1. The van der Waals surface area contributed by atoms with Gasteiger partial charge in [-0.3, -0.25) is 4.79 Å². The Morgan fingerprint density at radius 3 is 2.52 bits per heavy atom. The van der Waals surface area contributed by atoms with Gasteiger partial charge in [0.1, 0.15) is 30.0 Å². The van der Waals surface area contributed by atoms with E-state index in [1.807, 2.05) is 0 Å². The topological polar surface area (TPSA) is 155 Å². The van der Waals surface area contributed by atoms with Gasteiger partial charge >= 0.3 is 5.97 Å². The molecule has 3 aliphatic rings. The average molecular weight is 390 g/mol. The monoisotopic (exact) mass is 390 g/mol. The molecule has 0 spiro atoms. The zero-order valence-electron chi connectivity index (χ0n) is 15.0. The number of esters is 1. The van der Waals surface area contributed by atoms with E-state index in [1.54, 1.807) is 13.0 Å². The summed E-state index contributed by atoms with van der Waals surface area (Å²) >= 11 is 0. The van der Waals surface area contributed by atoms with Gasteiger partial charge < -0.3 is 44.5 Å². The molecule has 0 bridgehead atoms. The maximum Gasteiger partial charge on any atom is 0.303 e. The van der Waals surface area contributed by atoms with Gasteiger partial charge in [-0.2, -0.15) is 0 Å². The van der Waals surface area contributed by atoms with Crippen LogP contribution in [0.1, 0.15) is 20.3 Å². The Bertz CT molecular complexity index is 580. The van der Waals surface area contributed by atoms with Gasteiger partial charge in [-0.05, 0) is 13.0 Å². The van der Waals surface area contributed by atoms with Crippen molar-refractivity contribution >= 4 is 5.97 Å². The summed E-state index contributed by atoms with van der Waals surface area (Å²) in [5.74, 6) is -1.54. The van der Waals surface area contributed by atoms with Crippen molar-refractivity contribution in [2.75, 3.05) is 6.61 Å². The molecule has 0 aromatic rings. The highest BCUT2D eigenvalue weighted by molar-refractivity contribution is 5.66. The zero-order chi connectivity index (χ0) is 19.9. The Hall–Kier alpha value is -1.27. The summed E-state index contributed by atoms with van der Waals surface area (Å²) in [6, 6.07) is 0. The normalized spacial score (nSPS) is 49.4. The molecule has 0 amide bonds. The van der Waals surface area contributed by atoms with Gasteiger partial charge in [-0.1, -0.05) is 0 Å². The van der Waals surface area contributed by atoms with Crippen LogP contribution in [-0.4, -0.2) is 86.8 Å². The van der Waals surface area contributed by atoms with Crippen LogP contribution in [0.5, 0.6) is 0 Å². The molecule has 154 valence electrons. The number of aliphatic hydroxyl groups is 5. The third-order valence-corrected chi connectivity index (χ3v) is 5.48. The summed E-state index contributed by atoms with van der Waals surface area (Å²) < 4.78 is 22.0. The predicted molar refractivity (Wildman–Crippen MR) is 86.6 cm³/mol.